The molecule has 0 saturated carbocycles. The fourth-order valence-corrected chi connectivity index (χ4v) is 3.24. The van der Waals surface area contributed by atoms with Gasteiger partial charge in [-0.3, -0.25) is 0 Å². The molecule has 0 amide bonds. The Hall–Kier alpha value is -1.76. The van der Waals surface area contributed by atoms with Crippen LogP contribution in [0.4, 0.5) is 13.2 Å². The summed E-state index contributed by atoms with van der Waals surface area (Å²) in [7, 11) is 0. The predicted molar refractivity (Wildman–Crippen MR) is 90.8 cm³/mol. The number of aliphatic hydroxyl groups is 3. The van der Waals surface area contributed by atoms with Crippen LogP contribution in [0.15, 0.2) is 18.2 Å². The van der Waals surface area contributed by atoms with Crippen LogP contribution in [-0.4, -0.2) is 61.0 Å². The maximum atomic E-state index is 13.5. The number of halogens is 4. The average Bonchev–Trinajstić information content (AvgIpc) is 3.00. The van der Waals surface area contributed by atoms with Crippen molar-refractivity contribution in [2.75, 3.05) is 6.61 Å². The van der Waals surface area contributed by atoms with E-state index in [1.54, 1.807) is 0 Å². The molecule has 0 bridgehead atoms. The molecule has 5 N–H and O–H groups in total. The quantitative estimate of drug-likeness (QED) is 0.574. The van der Waals surface area contributed by atoms with Crippen LogP contribution >= 0.6 is 11.6 Å². The van der Waals surface area contributed by atoms with Gasteiger partial charge in [0.15, 0.2) is 5.82 Å². The van der Waals surface area contributed by atoms with E-state index in [-0.39, 0.29) is 16.7 Å². The van der Waals surface area contributed by atoms with E-state index in [2.05, 4.69) is 10.1 Å². The highest BCUT2D eigenvalue weighted by atomic mass is 35.5. The number of aromatic nitrogens is 3. The number of benzene rings is 1. The van der Waals surface area contributed by atoms with Crippen LogP contribution < -0.4 is 5.73 Å². The summed E-state index contributed by atoms with van der Waals surface area (Å²) in [5.74, 6) is -0.0577. The van der Waals surface area contributed by atoms with E-state index >= 15 is 0 Å². The molecule has 0 radical (unpaired) electrons. The zero-order valence-corrected chi connectivity index (χ0v) is 15.3. The van der Waals surface area contributed by atoms with Gasteiger partial charge in [0.1, 0.15) is 30.2 Å². The number of hydrogen-bond donors (Lipinski definition) is 4. The third-order valence-electron chi connectivity index (χ3n) is 4.47. The van der Waals surface area contributed by atoms with Gasteiger partial charge in [-0.15, -0.1) is 0 Å². The van der Waals surface area contributed by atoms with E-state index in [9.17, 15) is 28.5 Å². The zero-order valence-electron chi connectivity index (χ0n) is 14.5. The molecule has 0 aliphatic carbocycles. The summed E-state index contributed by atoms with van der Waals surface area (Å²) in [6.45, 7) is 0.835. The number of hydrogen-bond acceptors (Lipinski definition) is 7. The number of ether oxygens (including phenoxy) is 1. The largest absolute Gasteiger partial charge is 0.418 e. The molecule has 0 unspecified atom stereocenters. The molecule has 3 rings (SSSR count). The Morgan fingerprint density at radius 1 is 1.29 bits per heavy atom. The molecule has 1 fully saturated rings. The van der Waals surface area contributed by atoms with Crippen molar-refractivity contribution in [1.29, 1.82) is 0 Å². The maximum Gasteiger partial charge on any atom is 0.418 e. The van der Waals surface area contributed by atoms with Crippen LogP contribution in [0, 0.1) is 6.92 Å². The van der Waals surface area contributed by atoms with Crippen LogP contribution in [0.3, 0.4) is 0 Å². The van der Waals surface area contributed by atoms with Crippen molar-refractivity contribution in [1.82, 2.24) is 14.8 Å². The maximum absolute atomic E-state index is 13.5. The molecule has 12 heteroatoms. The molecule has 1 aromatic carbocycles. The van der Waals surface area contributed by atoms with E-state index < -0.39 is 54.5 Å². The van der Waals surface area contributed by atoms with Gasteiger partial charge < -0.3 is 25.8 Å². The standard InChI is InChI=1S/C16H18ClF3N4O4/c1-6-22-15(14-13(27)11(21)12(26)10(5-25)28-14)24(23-6)9-4-7(17)2-3-8(9)16(18,19)20/h2-4,10-14,25-27H,5,21H2,1H3/t10-,11+,12+,13-,14-/m1/s1. The van der Waals surface area contributed by atoms with Gasteiger partial charge in [0.2, 0.25) is 0 Å². The molecule has 1 aromatic heterocycles. The zero-order chi connectivity index (χ0) is 20.8. The van der Waals surface area contributed by atoms with Crippen molar-refractivity contribution in [3.8, 4) is 5.69 Å². The predicted octanol–water partition coefficient (Wildman–Crippen LogP) is 0.729. The Labute approximate surface area is 162 Å². The minimum atomic E-state index is -4.71. The molecule has 1 aliphatic rings. The van der Waals surface area contributed by atoms with Crippen LogP contribution in [0.25, 0.3) is 5.69 Å². The molecule has 2 aromatic rings. The summed E-state index contributed by atoms with van der Waals surface area (Å²) in [6, 6.07) is 1.75. The molecular formula is C16H18ClF3N4O4. The highest BCUT2D eigenvalue weighted by Gasteiger charge is 2.45. The lowest BCUT2D eigenvalue weighted by Crippen LogP contribution is -2.59. The van der Waals surface area contributed by atoms with Gasteiger partial charge in [0, 0.05) is 5.02 Å². The first-order valence-corrected chi connectivity index (χ1v) is 8.61. The summed E-state index contributed by atoms with van der Waals surface area (Å²) in [6.07, 6.45) is -10.1. The summed E-state index contributed by atoms with van der Waals surface area (Å²) in [4.78, 5) is 4.08. The second-order valence-corrected chi connectivity index (χ2v) is 6.86. The van der Waals surface area contributed by atoms with Gasteiger partial charge in [0.05, 0.1) is 23.9 Å². The average molecular weight is 423 g/mol. The highest BCUT2D eigenvalue weighted by Crippen LogP contribution is 2.37. The number of rotatable bonds is 3. The third kappa shape index (κ3) is 3.73. The van der Waals surface area contributed by atoms with Gasteiger partial charge in [-0.25, -0.2) is 9.67 Å². The Kier molecular flexibility index (Phi) is 5.67. The summed E-state index contributed by atoms with van der Waals surface area (Å²) < 4.78 is 46.8. The Balaban J connectivity index is 2.14. The molecule has 28 heavy (non-hydrogen) atoms. The van der Waals surface area contributed by atoms with Crippen LogP contribution in [0.5, 0.6) is 0 Å². The second kappa shape index (κ2) is 7.58. The van der Waals surface area contributed by atoms with Crippen molar-refractivity contribution in [3.05, 3.63) is 40.4 Å². The lowest BCUT2D eigenvalue weighted by atomic mass is 9.93. The third-order valence-corrected chi connectivity index (χ3v) is 4.70. The van der Waals surface area contributed by atoms with Gasteiger partial charge in [-0.1, -0.05) is 11.6 Å². The fourth-order valence-electron chi connectivity index (χ4n) is 3.08. The van der Waals surface area contributed by atoms with E-state index in [1.807, 2.05) is 0 Å². The molecule has 154 valence electrons. The van der Waals surface area contributed by atoms with E-state index in [0.29, 0.717) is 0 Å². The van der Waals surface area contributed by atoms with E-state index in [1.165, 1.54) is 6.92 Å². The first-order chi connectivity index (χ1) is 13.0. The molecule has 0 spiro atoms. The van der Waals surface area contributed by atoms with Crippen LogP contribution in [0.1, 0.15) is 23.3 Å². The summed E-state index contributed by atoms with van der Waals surface area (Å²) in [5.41, 5.74) is 4.36. The molecule has 8 nitrogen and oxygen atoms in total. The normalized spacial score (nSPS) is 28.5. The number of aryl methyl sites for hydroxylation is 1. The minimum absolute atomic E-state index is 0.0348. The van der Waals surface area contributed by atoms with E-state index in [0.717, 1.165) is 22.9 Å². The van der Waals surface area contributed by atoms with Crippen molar-refractivity contribution in [3.63, 3.8) is 0 Å². The van der Waals surface area contributed by atoms with E-state index in [4.69, 9.17) is 22.1 Å². The highest BCUT2D eigenvalue weighted by molar-refractivity contribution is 6.30. The second-order valence-electron chi connectivity index (χ2n) is 6.42. The fraction of sp³-hybridized carbons (Fsp3) is 0.500. The lowest BCUT2D eigenvalue weighted by Gasteiger charge is -2.40. The summed E-state index contributed by atoms with van der Waals surface area (Å²) >= 11 is 5.88. The van der Waals surface area contributed by atoms with Crippen molar-refractivity contribution >= 4 is 11.6 Å². The molecular weight excluding hydrogens is 405 g/mol. The first-order valence-electron chi connectivity index (χ1n) is 8.23. The number of nitrogens with two attached hydrogens (primary N) is 1. The van der Waals surface area contributed by atoms with Gasteiger partial charge in [-0.2, -0.15) is 18.3 Å². The number of alkyl halides is 3. The Bertz CT molecular complexity index is 861. The Morgan fingerprint density at radius 3 is 2.57 bits per heavy atom. The van der Waals surface area contributed by atoms with Crippen LogP contribution in [0.2, 0.25) is 5.02 Å². The van der Waals surface area contributed by atoms with Crippen molar-refractivity contribution in [2.45, 2.75) is 43.6 Å². The molecule has 2 heterocycles. The van der Waals surface area contributed by atoms with Gasteiger partial charge in [0.25, 0.3) is 0 Å². The molecule has 5 atom stereocenters. The monoisotopic (exact) mass is 422 g/mol. The number of aliphatic hydroxyl groups excluding tert-OH is 3. The lowest BCUT2D eigenvalue weighted by molar-refractivity contribution is -0.193. The van der Waals surface area contributed by atoms with Crippen molar-refractivity contribution in [2.24, 2.45) is 5.73 Å². The molecule has 1 aliphatic heterocycles. The summed E-state index contributed by atoms with van der Waals surface area (Å²) in [5, 5.41) is 33.8. The Morgan fingerprint density at radius 2 is 1.96 bits per heavy atom. The van der Waals surface area contributed by atoms with Gasteiger partial charge in [-0.05, 0) is 25.1 Å². The first kappa shape index (κ1) is 21.0. The van der Waals surface area contributed by atoms with Gasteiger partial charge >= 0.3 is 6.18 Å². The topological polar surface area (TPSA) is 127 Å². The smallest absolute Gasteiger partial charge is 0.394 e. The molecule has 1 saturated heterocycles. The minimum Gasteiger partial charge on any atom is -0.394 e. The van der Waals surface area contributed by atoms with Crippen molar-refractivity contribution < 1.29 is 33.2 Å². The number of nitrogens with zero attached hydrogens (tertiary/aromatic N) is 3. The SMILES string of the molecule is Cc1nc([C@@H]2O[C@H](CO)[C@H](O)[C@H](N)[C@H]2O)n(-c2cc(Cl)ccc2C(F)(F)F)n1. The van der Waals surface area contributed by atoms with Crippen LogP contribution in [-0.2, 0) is 10.9 Å².